The van der Waals surface area contributed by atoms with Crippen molar-refractivity contribution in [3.63, 3.8) is 0 Å². The predicted octanol–water partition coefficient (Wildman–Crippen LogP) is 3.96. The highest BCUT2D eigenvalue weighted by molar-refractivity contribution is 7.13. The summed E-state index contributed by atoms with van der Waals surface area (Å²) in [5.74, 6) is 1.07. The van der Waals surface area contributed by atoms with E-state index in [1.165, 1.54) is 10.4 Å². The summed E-state index contributed by atoms with van der Waals surface area (Å²) in [7, 11) is 0. The summed E-state index contributed by atoms with van der Waals surface area (Å²) < 4.78 is 7.88. The molecule has 5 heteroatoms. The van der Waals surface area contributed by atoms with Crippen molar-refractivity contribution in [1.29, 1.82) is 0 Å². The van der Waals surface area contributed by atoms with Gasteiger partial charge in [-0.2, -0.15) is 0 Å². The van der Waals surface area contributed by atoms with Crippen LogP contribution in [0.15, 0.2) is 35.8 Å². The van der Waals surface area contributed by atoms with E-state index in [1.807, 2.05) is 0 Å². The van der Waals surface area contributed by atoms with Crippen molar-refractivity contribution < 1.29 is 4.74 Å². The predicted molar refractivity (Wildman–Crippen MR) is 90.7 cm³/mol. The number of ether oxygens (including phenoxy) is 1. The first-order valence-corrected chi connectivity index (χ1v) is 8.57. The summed E-state index contributed by atoms with van der Waals surface area (Å²) in [5.41, 5.74) is 3.23. The number of imidazole rings is 1. The summed E-state index contributed by atoms with van der Waals surface area (Å²) in [6, 6.07) is 8.36. The molecule has 0 aliphatic carbocycles. The molecule has 1 aliphatic heterocycles. The summed E-state index contributed by atoms with van der Waals surface area (Å²) in [6.07, 6.45) is 4.75. The van der Waals surface area contributed by atoms with Crippen LogP contribution < -0.4 is 5.32 Å². The van der Waals surface area contributed by atoms with E-state index < -0.39 is 0 Å². The van der Waals surface area contributed by atoms with Gasteiger partial charge in [-0.05, 0) is 42.8 Å². The van der Waals surface area contributed by atoms with Gasteiger partial charge in [-0.3, -0.25) is 4.40 Å². The number of aromatic nitrogens is 2. The second kappa shape index (κ2) is 5.74. The van der Waals surface area contributed by atoms with Crippen molar-refractivity contribution in [3.05, 3.63) is 41.4 Å². The molecule has 4 heterocycles. The molecule has 0 bridgehead atoms. The molecule has 0 saturated carbocycles. The largest absolute Gasteiger partial charge is 0.376 e. The zero-order valence-electron chi connectivity index (χ0n) is 12.6. The minimum atomic E-state index is 0.312. The molecule has 0 spiro atoms. The molecule has 0 aromatic carbocycles. The van der Waals surface area contributed by atoms with Crippen LogP contribution in [0.5, 0.6) is 0 Å². The van der Waals surface area contributed by atoms with Crippen LogP contribution in [0.3, 0.4) is 0 Å². The molecule has 1 N–H and O–H groups in total. The number of nitrogens with one attached hydrogen (secondary N) is 1. The minimum absolute atomic E-state index is 0.312. The van der Waals surface area contributed by atoms with Gasteiger partial charge in [0.15, 0.2) is 0 Å². The van der Waals surface area contributed by atoms with Gasteiger partial charge in [0.2, 0.25) is 0 Å². The Bertz CT molecular complexity index is 773. The second-order valence-corrected chi connectivity index (χ2v) is 6.68. The lowest BCUT2D eigenvalue weighted by atomic mass is 10.2. The van der Waals surface area contributed by atoms with E-state index in [2.05, 4.69) is 52.5 Å². The monoisotopic (exact) mass is 313 g/mol. The van der Waals surface area contributed by atoms with Crippen molar-refractivity contribution in [3.8, 4) is 10.6 Å². The van der Waals surface area contributed by atoms with Crippen LogP contribution in [0, 0.1) is 6.92 Å². The molecule has 1 saturated heterocycles. The van der Waals surface area contributed by atoms with Gasteiger partial charge >= 0.3 is 0 Å². The zero-order valence-corrected chi connectivity index (χ0v) is 13.4. The van der Waals surface area contributed by atoms with E-state index >= 15 is 0 Å². The average Bonchev–Trinajstić information content (AvgIpc) is 3.25. The normalized spacial score (nSPS) is 18.1. The Kier molecular flexibility index (Phi) is 3.60. The van der Waals surface area contributed by atoms with Crippen molar-refractivity contribution in [2.24, 2.45) is 0 Å². The number of pyridine rings is 1. The molecular weight excluding hydrogens is 294 g/mol. The van der Waals surface area contributed by atoms with E-state index in [9.17, 15) is 0 Å². The number of anilines is 1. The average molecular weight is 313 g/mol. The third-order valence-corrected chi connectivity index (χ3v) is 4.92. The topological polar surface area (TPSA) is 38.6 Å². The molecule has 114 valence electrons. The lowest BCUT2D eigenvalue weighted by Crippen LogP contribution is -2.19. The van der Waals surface area contributed by atoms with E-state index in [0.29, 0.717) is 6.10 Å². The molecule has 1 atom stereocenters. The molecule has 0 radical (unpaired) electrons. The van der Waals surface area contributed by atoms with E-state index in [0.717, 1.165) is 43.2 Å². The van der Waals surface area contributed by atoms with Gasteiger partial charge in [0.25, 0.3) is 0 Å². The van der Waals surface area contributed by atoms with Crippen molar-refractivity contribution >= 4 is 22.8 Å². The smallest absolute Gasteiger partial charge is 0.139 e. The van der Waals surface area contributed by atoms with Crippen molar-refractivity contribution in [2.75, 3.05) is 18.5 Å². The maximum atomic E-state index is 5.73. The van der Waals surface area contributed by atoms with Gasteiger partial charge in [-0.25, -0.2) is 4.98 Å². The number of rotatable bonds is 4. The Morgan fingerprint density at radius 2 is 2.36 bits per heavy atom. The number of aryl methyl sites for hydroxylation is 1. The molecule has 22 heavy (non-hydrogen) atoms. The Morgan fingerprint density at radius 1 is 1.41 bits per heavy atom. The fourth-order valence-corrected chi connectivity index (χ4v) is 3.64. The van der Waals surface area contributed by atoms with Gasteiger partial charge in [0.1, 0.15) is 17.2 Å². The lowest BCUT2D eigenvalue weighted by molar-refractivity contribution is 0.120. The molecule has 0 amide bonds. The summed E-state index contributed by atoms with van der Waals surface area (Å²) in [4.78, 5) is 6.00. The van der Waals surface area contributed by atoms with Crippen LogP contribution in [-0.4, -0.2) is 28.6 Å². The number of nitrogens with zero attached hydrogens (tertiary/aromatic N) is 2. The van der Waals surface area contributed by atoms with Crippen LogP contribution >= 0.6 is 11.3 Å². The van der Waals surface area contributed by atoms with Gasteiger partial charge in [0, 0.05) is 19.3 Å². The summed E-state index contributed by atoms with van der Waals surface area (Å²) in [6.45, 7) is 3.82. The summed E-state index contributed by atoms with van der Waals surface area (Å²) in [5, 5.41) is 5.67. The molecule has 1 fully saturated rings. The number of thiophene rings is 1. The van der Waals surface area contributed by atoms with Crippen molar-refractivity contribution in [2.45, 2.75) is 25.9 Å². The highest BCUT2D eigenvalue weighted by atomic mass is 32.1. The third kappa shape index (κ3) is 2.51. The first kappa shape index (κ1) is 13.8. The molecule has 3 aromatic rings. The number of hydrogen-bond donors (Lipinski definition) is 1. The maximum Gasteiger partial charge on any atom is 0.139 e. The molecule has 3 aromatic heterocycles. The second-order valence-electron chi connectivity index (χ2n) is 5.74. The van der Waals surface area contributed by atoms with Gasteiger partial charge in [-0.1, -0.05) is 12.1 Å². The lowest BCUT2D eigenvalue weighted by Gasteiger charge is -2.13. The Labute approximate surface area is 133 Å². The highest BCUT2D eigenvalue weighted by Crippen LogP contribution is 2.32. The molecular formula is C17H19N3OS. The minimum Gasteiger partial charge on any atom is -0.376 e. The van der Waals surface area contributed by atoms with Gasteiger partial charge in [-0.15, -0.1) is 11.3 Å². The van der Waals surface area contributed by atoms with Gasteiger partial charge in [0.05, 0.1) is 11.0 Å². The van der Waals surface area contributed by atoms with E-state index in [-0.39, 0.29) is 0 Å². The third-order valence-electron chi connectivity index (χ3n) is 4.04. The van der Waals surface area contributed by atoms with Crippen LogP contribution in [0.2, 0.25) is 0 Å². The van der Waals surface area contributed by atoms with Crippen molar-refractivity contribution in [1.82, 2.24) is 9.38 Å². The first-order chi connectivity index (χ1) is 10.8. The summed E-state index contributed by atoms with van der Waals surface area (Å²) >= 11 is 1.72. The SMILES string of the molecule is Cc1ccc2nc(-c3cccs3)c(NC[C@@H]3CCCO3)n2c1. The van der Waals surface area contributed by atoms with Crippen LogP contribution in [0.4, 0.5) is 5.82 Å². The van der Waals surface area contributed by atoms with Crippen LogP contribution in [-0.2, 0) is 4.74 Å². The van der Waals surface area contributed by atoms with E-state index in [1.54, 1.807) is 11.3 Å². The maximum absolute atomic E-state index is 5.73. The number of hydrogen-bond acceptors (Lipinski definition) is 4. The van der Waals surface area contributed by atoms with Crippen LogP contribution in [0.25, 0.3) is 16.2 Å². The quantitative estimate of drug-likeness (QED) is 0.792. The molecule has 0 unspecified atom stereocenters. The first-order valence-electron chi connectivity index (χ1n) is 7.69. The van der Waals surface area contributed by atoms with E-state index in [4.69, 9.17) is 9.72 Å². The van der Waals surface area contributed by atoms with Gasteiger partial charge < -0.3 is 10.1 Å². The number of fused-ring (bicyclic) bond motifs is 1. The Hall–Kier alpha value is -1.85. The molecule has 1 aliphatic rings. The fourth-order valence-electron chi connectivity index (χ4n) is 2.92. The van der Waals surface area contributed by atoms with Crippen LogP contribution in [0.1, 0.15) is 18.4 Å². The fraction of sp³-hybridized carbons (Fsp3) is 0.353. The Morgan fingerprint density at radius 3 is 3.14 bits per heavy atom. The highest BCUT2D eigenvalue weighted by Gasteiger charge is 2.19. The standard InChI is InChI=1S/C17H19N3OS/c1-12-6-7-15-19-16(14-5-3-9-22-14)17(20(15)11-12)18-10-13-4-2-8-21-13/h3,5-7,9,11,13,18H,2,4,8,10H2,1H3/t13-/m0/s1. The molecule has 4 nitrogen and oxygen atoms in total. The zero-order chi connectivity index (χ0) is 14.9. The Balaban J connectivity index is 1.74. The molecule has 4 rings (SSSR count).